The van der Waals surface area contributed by atoms with Crippen LogP contribution in [0.2, 0.25) is 0 Å². The van der Waals surface area contributed by atoms with Gasteiger partial charge in [-0.1, -0.05) is 12.1 Å². The lowest BCUT2D eigenvalue weighted by atomic mass is 10.1. The Bertz CT molecular complexity index is 1180. The summed E-state index contributed by atoms with van der Waals surface area (Å²) in [6.45, 7) is 5.04. The predicted octanol–water partition coefficient (Wildman–Crippen LogP) is 4.17. The number of methoxy groups -OCH3 is 2. The minimum atomic E-state index is -0.0409. The number of hydrogen-bond acceptors (Lipinski definition) is 6. The van der Waals surface area contributed by atoms with Gasteiger partial charge in [-0.25, -0.2) is 0 Å². The molecule has 1 N–H and O–H groups in total. The number of ether oxygens (including phenoxy) is 2. The molecule has 3 aromatic rings. The van der Waals surface area contributed by atoms with Gasteiger partial charge >= 0.3 is 0 Å². The molecule has 0 saturated heterocycles. The normalized spacial score (nSPS) is 12.8. The van der Waals surface area contributed by atoms with Gasteiger partial charge in [0.15, 0.2) is 0 Å². The van der Waals surface area contributed by atoms with E-state index in [-0.39, 0.29) is 5.91 Å². The van der Waals surface area contributed by atoms with Crippen LogP contribution in [0.3, 0.4) is 0 Å². The SMILES string of the molecule is COCc1ccc(Nc2cc(Cc3ccc(C)c(C)n3)nc3c2C(=O)N(C)C3)c(OC)c1. The number of amides is 1. The summed E-state index contributed by atoms with van der Waals surface area (Å²) in [5.74, 6) is 0.641. The molecule has 7 heteroatoms. The Morgan fingerprint density at radius 2 is 1.84 bits per heavy atom. The zero-order chi connectivity index (χ0) is 22.8. The van der Waals surface area contributed by atoms with Gasteiger partial charge in [-0.15, -0.1) is 0 Å². The van der Waals surface area contributed by atoms with Crippen LogP contribution in [0.25, 0.3) is 0 Å². The molecule has 0 spiro atoms. The first-order valence-corrected chi connectivity index (χ1v) is 10.5. The standard InChI is InChI=1S/C25H28N4O3/c1-15-6-8-18(26-16(15)2)11-19-12-21(24-22(27-19)13-29(3)25(24)30)28-20-9-7-17(14-31-4)10-23(20)32-5/h6-10,12H,11,13-14H2,1-5H3,(H,27,28). The molecular weight excluding hydrogens is 404 g/mol. The van der Waals surface area contributed by atoms with Crippen molar-refractivity contribution < 1.29 is 14.3 Å². The summed E-state index contributed by atoms with van der Waals surface area (Å²) in [6, 6.07) is 11.9. The minimum absolute atomic E-state index is 0.0409. The number of carbonyl (C=O) groups is 1. The maximum atomic E-state index is 12.8. The molecule has 1 aliphatic rings. The Morgan fingerprint density at radius 3 is 2.56 bits per heavy atom. The van der Waals surface area contributed by atoms with Crippen LogP contribution in [0, 0.1) is 13.8 Å². The highest BCUT2D eigenvalue weighted by molar-refractivity contribution is 6.03. The Morgan fingerprint density at radius 1 is 1.03 bits per heavy atom. The first-order chi connectivity index (χ1) is 15.4. The summed E-state index contributed by atoms with van der Waals surface area (Å²) in [4.78, 5) is 24.0. The van der Waals surface area contributed by atoms with Gasteiger partial charge in [0.05, 0.1) is 42.9 Å². The van der Waals surface area contributed by atoms with E-state index in [0.717, 1.165) is 45.3 Å². The monoisotopic (exact) mass is 432 g/mol. The minimum Gasteiger partial charge on any atom is -0.495 e. The fourth-order valence-corrected chi connectivity index (χ4v) is 3.89. The van der Waals surface area contributed by atoms with Crippen LogP contribution in [0.1, 0.15) is 44.3 Å². The summed E-state index contributed by atoms with van der Waals surface area (Å²) >= 11 is 0. The van der Waals surface area contributed by atoms with Crippen LogP contribution >= 0.6 is 0 Å². The van der Waals surface area contributed by atoms with Crippen molar-refractivity contribution in [1.82, 2.24) is 14.9 Å². The number of rotatable bonds is 7. The number of aryl methyl sites for hydroxylation is 2. The summed E-state index contributed by atoms with van der Waals surface area (Å²) in [7, 11) is 5.08. The Labute approximate surface area is 188 Å². The summed E-state index contributed by atoms with van der Waals surface area (Å²) in [5, 5.41) is 3.42. The van der Waals surface area contributed by atoms with Crippen LogP contribution in [-0.2, 0) is 24.3 Å². The third-order valence-electron chi connectivity index (χ3n) is 5.71. The van der Waals surface area contributed by atoms with E-state index in [9.17, 15) is 4.79 Å². The fraction of sp³-hybridized carbons (Fsp3) is 0.320. The molecular formula is C25H28N4O3. The molecule has 0 saturated carbocycles. The average molecular weight is 433 g/mol. The van der Waals surface area contributed by atoms with E-state index in [0.29, 0.717) is 30.9 Å². The van der Waals surface area contributed by atoms with Crippen molar-refractivity contribution in [2.24, 2.45) is 0 Å². The number of pyridine rings is 2. The van der Waals surface area contributed by atoms with Crippen molar-refractivity contribution in [2.75, 3.05) is 26.6 Å². The number of nitrogens with zero attached hydrogens (tertiary/aromatic N) is 3. The molecule has 0 atom stereocenters. The molecule has 4 rings (SSSR count). The molecule has 3 heterocycles. The predicted molar refractivity (Wildman–Crippen MR) is 124 cm³/mol. The number of fused-ring (bicyclic) bond motifs is 1. The quantitative estimate of drug-likeness (QED) is 0.604. The maximum Gasteiger partial charge on any atom is 0.257 e. The van der Waals surface area contributed by atoms with Crippen molar-refractivity contribution in [3.63, 3.8) is 0 Å². The molecule has 2 aromatic heterocycles. The van der Waals surface area contributed by atoms with Gasteiger partial charge < -0.3 is 19.7 Å². The summed E-state index contributed by atoms with van der Waals surface area (Å²) < 4.78 is 10.8. The maximum absolute atomic E-state index is 12.8. The highest BCUT2D eigenvalue weighted by Crippen LogP contribution is 2.34. The van der Waals surface area contributed by atoms with Crippen LogP contribution in [0.4, 0.5) is 11.4 Å². The van der Waals surface area contributed by atoms with Crippen molar-refractivity contribution >= 4 is 17.3 Å². The molecule has 1 amide bonds. The van der Waals surface area contributed by atoms with Crippen LogP contribution in [0.5, 0.6) is 5.75 Å². The molecule has 1 aliphatic heterocycles. The smallest absolute Gasteiger partial charge is 0.257 e. The van der Waals surface area contributed by atoms with Crippen LogP contribution < -0.4 is 10.1 Å². The number of benzene rings is 1. The molecule has 166 valence electrons. The van der Waals surface area contributed by atoms with Gasteiger partial charge in [-0.3, -0.25) is 14.8 Å². The zero-order valence-corrected chi connectivity index (χ0v) is 19.2. The van der Waals surface area contributed by atoms with E-state index in [1.807, 2.05) is 37.3 Å². The third kappa shape index (κ3) is 4.29. The second-order valence-electron chi connectivity index (χ2n) is 8.12. The number of hydrogen-bond donors (Lipinski definition) is 1. The first-order valence-electron chi connectivity index (χ1n) is 10.5. The molecule has 0 aliphatic carbocycles. The molecule has 0 radical (unpaired) electrons. The number of carbonyl (C=O) groups excluding carboxylic acids is 1. The van der Waals surface area contributed by atoms with Gasteiger partial charge in [0, 0.05) is 37.7 Å². The van der Waals surface area contributed by atoms with Crippen LogP contribution in [-0.4, -0.2) is 42.0 Å². The second kappa shape index (κ2) is 8.96. The summed E-state index contributed by atoms with van der Waals surface area (Å²) in [5.41, 5.74) is 7.87. The largest absolute Gasteiger partial charge is 0.495 e. The van der Waals surface area contributed by atoms with Gasteiger partial charge in [-0.05, 0) is 49.2 Å². The molecule has 1 aromatic carbocycles. The highest BCUT2D eigenvalue weighted by Gasteiger charge is 2.30. The third-order valence-corrected chi connectivity index (χ3v) is 5.71. The lowest BCUT2D eigenvalue weighted by Crippen LogP contribution is -2.18. The first kappa shape index (κ1) is 21.8. The lowest BCUT2D eigenvalue weighted by Gasteiger charge is -2.16. The van der Waals surface area contributed by atoms with E-state index >= 15 is 0 Å². The zero-order valence-electron chi connectivity index (χ0n) is 19.2. The van der Waals surface area contributed by atoms with E-state index in [4.69, 9.17) is 19.4 Å². The fourth-order valence-electron chi connectivity index (χ4n) is 3.89. The van der Waals surface area contributed by atoms with Crippen LogP contribution in [0.15, 0.2) is 36.4 Å². The Hall–Kier alpha value is -3.45. The Balaban J connectivity index is 1.72. The van der Waals surface area contributed by atoms with E-state index in [1.165, 1.54) is 0 Å². The van der Waals surface area contributed by atoms with Crippen molar-refractivity contribution in [3.8, 4) is 5.75 Å². The number of aromatic nitrogens is 2. The van der Waals surface area contributed by atoms with Gasteiger partial charge in [0.2, 0.25) is 0 Å². The lowest BCUT2D eigenvalue weighted by molar-refractivity contribution is 0.0817. The van der Waals surface area contributed by atoms with Gasteiger partial charge in [0.25, 0.3) is 5.91 Å². The topological polar surface area (TPSA) is 76.6 Å². The van der Waals surface area contributed by atoms with E-state index in [2.05, 4.69) is 18.3 Å². The van der Waals surface area contributed by atoms with E-state index in [1.54, 1.807) is 26.2 Å². The number of nitrogens with one attached hydrogen (secondary N) is 1. The number of anilines is 2. The van der Waals surface area contributed by atoms with E-state index < -0.39 is 0 Å². The second-order valence-corrected chi connectivity index (χ2v) is 8.12. The molecule has 7 nitrogen and oxygen atoms in total. The molecule has 0 bridgehead atoms. The highest BCUT2D eigenvalue weighted by atomic mass is 16.5. The van der Waals surface area contributed by atoms with Crippen molar-refractivity contribution in [3.05, 3.63) is 75.9 Å². The van der Waals surface area contributed by atoms with Gasteiger partial charge in [-0.2, -0.15) is 0 Å². The molecule has 0 fully saturated rings. The average Bonchev–Trinajstić information content (AvgIpc) is 3.05. The molecule has 0 unspecified atom stereocenters. The van der Waals surface area contributed by atoms with Crippen molar-refractivity contribution in [1.29, 1.82) is 0 Å². The van der Waals surface area contributed by atoms with Crippen molar-refractivity contribution in [2.45, 2.75) is 33.4 Å². The van der Waals surface area contributed by atoms with Gasteiger partial charge in [0.1, 0.15) is 5.75 Å². The Kier molecular flexibility index (Phi) is 6.10. The molecule has 32 heavy (non-hydrogen) atoms. The summed E-state index contributed by atoms with van der Waals surface area (Å²) in [6.07, 6.45) is 0.588.